The van der Waals surface area contributed by atoms with Crippen molar-refractivity contribution >= 4 is 7.41 Å². The standard InChI is InChI=1S/C5H12BN2/c1-5(4-6-7)8(2)3/h1,4,7H2,2-3H3. The molecule has 2 N–H and O–H groups in total. The van der Waals surface area contributed by atoms with E-state index in [-0.39, 0.29) is 0 Å². The van der Waals surface area contributed by atoms with Crippen molar-refractivity contribution in [2.24, 2.45) is 5.64 Å². The second-order valence-electron chi connectivity index (χ2n) is 1.90. The van der Waals surface area contributed by atoms with E-state index in [1.54, 1.807) is 7.41 Å². The fourth-order valence-corrected chi connectivity index (χ4v) is 0.319. The van der Waals surface area contributed by atoms with Crippen molar-refractivity contribution in [3.8, 4) is 0 Å². The van der Waals surface area contributed by atoms with Crippen LogP contribution >= 0.6 is 0 Å². The van der Waals surface area contributed by atoms with Crippen LogP contribution in [0, 0.1) is 0 Å². The summed E-state index contributed by atoms with van der Waals surface area (Å²) in [7, 11) is 5.50. The van der Waals surface area contributed by atoms with Crippen LogP contribution in [0.15, 0.2) is 12.3 Å². The molecule has 1 radical (unpaired) electrons. The molecule has 0 amide bonds. The summed E-state index contributed by atoms with van der Waals surface area (Å²) in [4.78, 5) is 1.95. The predicted octanol–water partition coefficient (Wildman–Crippen LogP) is 0.0579. The summed E-state index contributed by atoms with van der Waals surface area (Å²) in [6.45, 7) is 3.76. The van der Waals surface area contributed by atoms with Crippen LogP contribution < -0.4 is 5.64 Å². The van der Waals surface area contributed by atoms with Crippen LogP contribution in [0.1, 0.15) is 0 Å². The Labute approximate surface area is 51.6 Å². The average Bonchev–Trinajstić information content (AvgIpc) is 1.67. The highest BCUT2D eigenvalue weighted by Gasteiger charge is 1.92. The summed E-state index contributed by atoms with van der Waals surface area (Å²) in [5.74, 6) is 0. The summed E-state index contributed by atoms with van der Waals surface area (Å²) in [5, 5.41) is 0. The molecule has 0 aromatic heterocycles. The van der Waals surface area contributed by atoms with Crippen LogP contribution in [0.3, 0.4) is 0 Å². The molecule has 0 fully saturated rings. The van der Waals surface area contributed by atoms with Crippen molar-refractivity contribution in [1.29, 1.82) is 0 Å². The lowest BCUT2D eigenvalue weighted by atomic mass is 9.89. The number of hydrogen-bond donors (Lipinski definition) is 1. The molecule has 8 heavy (non-hydrogen) atoms. The Morgan fingerprint density at radius 1 is 1.75 bits per heavy atom. The Morgan fingerprint density at radius 2 is 2.25 bits per heavy atom. The van der Waals surface area contributed by atoms with E-state index < -0.39 is 0 Å². The minimum Gasteiger partial charge on any atom is -0.382 e. The van der Waals surface area contributed by atoms with Gasteiger partial charge in [-0.2, -0.15) is 0 Å². The molecule has 0 spiro atoms. The van der Waals surface area contributed by atoms with Crippen molar-refractivity contribution in [2.45, 2.75) is 6.32 Å². The lowest BCUT2D eigenvalue weighted by Gasteiger charge is -2.13. The predicted molar refractivity (Wildman–Crippen MR) is 37.6 cm³/mol. The third-order valence-corrected chi connectivity index (χ3v) is 0.986. The van der Waals surface area contributed by atoms with Gasteiger partial charge in [-0.15, -0.1) is 0 Å². The van der Waals surface area contributed by atoms with Crippen molar-refractivity contribution in [3.63, 3.8) is 0 Å². The zero-order chi connectivity index (χ0) is 6.57. The first-order chi connectivity index (χ1) is 3.68. The molecule has 0 atom stereocenters. The van der Waals surface area contributed by atoms with Crippen molar-refractivity contribution in [2.75, 3.05) is 14.1 Å². The normalized spacial score (nSPS) is 8.38. The molecular weight excluding hydrogens is 98.9 g/mol. The lowest BCUT2D eigenvalue weighted by Crippen LogP contribution is -2.14. The van der Waals surface area contributed by atoms with Gasteiger partial charge >= 0.3 is 0 Å². The van der Waals surface area contributed by atoms with Gasteiger partial charge in [0.15, 0.2) is 0 Å². The summed E-state index contributed by atoms with van der Waals surface area (Å²) < 4.78 is 0. The molecule has 0 aromatic carbocycles. The number of rotatable bonds is 3. The van der Waals surface area contributed by atoms with Crippen molar-refractivity contribution in [3.05, 3.63) is 12.3 Å². The fraction of sp³-hybridized carbons (Fsp3) is 0.600. The van der Waals surface area contributed by atoms with Gasteiger partial charge in [0.05, 0.1) is 0 Å². The van der Waals surface area contributed by atoms with Gasteiger partial charge in [-0.1, -0.05) is 6.58 Å². The molecule has 0 unspecified atom stereocenters. The SMILES string of the molecule is C=C(C[B]N)N(C)C. The number of allylic oxidation sites excluding steroid dienone is 1. The number of nitrogens with zero attached hydrogens (tertiary/aromatic N) is 1. The van der Waals surface area contributed by atoms with Gasteiger partial charge in [-0.25, -0.2) is 0 Å². The first kappa shape index (κ1) is 7.56. The maximum Gasteiger partial charge on any atom is 0.208 e. The Bertz CT molecular complexity index is 80.5. The fourth-order valence-electron chi connectivity index (χ4n) is 0.319. The summed E-state index contributed by atoms with van der Waals surface area (Å²) in [6, 6.07) is 0. The molecule has 0 saturated heterocycles. The van der Waals surface area contributed by atoms with E-state index in [0.717, 1.165) is 12.0 Å². The van der Waals surface area contributed by atoms with Crippen LogP contribution in [0.25, 0.3) is 0 Å². The van der Waals surface area contributed by atoms with Crippen LogP contribution in [-0.4, -0.2) is 26.4 Å². The smallest absolute Gasteiger partial charge is 0.208 e. The maximum absolute atomic E-state index is 5.15. The topological polar surface area (TPSA) is 29.3 Å². The zero-order valence-corrected chi connectivity index (χ0v) is 5.52. The summed E-state index contributed by atoms with van der Waals surface area (Å²) >= 11 is 0. The Balaban J connectivity index is 3.33. The first-order valence-electron chi connectivity index (χ1n) is 2.57. The quantitative estimate of drug-likeness (QED) is 0.521. The Morgan fingerprint density at radius 3 is 2.38 bits per heavy atom. The molecular formula is C5H12BN2. The molecule has 0 aliphatic heterocycles. The van der Waals surface area contributed by atoms with Gasteiger partial charge in [-0.05, 0) is 12.0 Å². The van der Waals surface area contributed by atoms with Crippen LogP contribution in [-0.2, 0) is 0 Å². The van der Waals surface area contributed by atoms with Gasteiger partial charge < -0.3 is 10.5 Å². The second-order valence-corrected chi connectivity index (χ2v) is 1.90. The van der Waals surface area contributed by atoms with E-state index in [1.807, 2.05) is 19.0 Å². The number of hydrogen-bond acceptors (Lipinski definition) is 2. The molecule has 0 rings (SSSR count). The van der Waals surface area contributed by atoms with Crippen molar-refractivity contribution < 1.29 is 0 Å². The zero-order valence-electron chi connectivity index (χ0n) is 5.52. The lowest BCUT2D eigenvalue weighted by molar-refractivity contribution is 0.516. The van der Waals surface area contributed by atoms with E-state index in [4.69, 9.17) is 5.64 Å². The van der Waals surface area contributed by atoms with Gasteiger partial charge in [0, 0.05) is 14.1 Å². The van der Waals surface area contributed by atoms with Crippen LogP contribution in [0.2, 0.25) is 6.32 Å². The highest BCUT2D eigenvalue weighted by atomic mass is 15.1. The second kappa shape index (κ2) is 3.55. The monoisotopic (exact) mass is 111 g/mol. The Hall–Kier alpha value is -0.435. The van der Waals surface area contributed by atoms with E-state index in [0.29, 0.717) is 0 Å². The van der Waals surface area contributed by atoms with Gasteiger partial charge in [0.1, 0.15) is 0 Å². The third-order valence-electron chi connectivity index (χ3n) is 0.986. The van der Waals surface area contributed by atoms with Crippen LogP contribution in [0.4, 0.5) is 0 Å². The van der Waals surface area contributed by atoms with Gasteiger partial charge in [-0.3, -0.25) is 0 Å². The third kappa shape index (κ3) is 2.69. The largest absolute Gasteiger partial charge is 0.382 e. The minimum atomic E-state index is 0.771. The van der Waals surface area contributed by atoms with E-state index in [9.17, 15) is 0 Å². The van der Waals surface area contributed by atoms with E-state index >= 15 is 0 Å². The van der Waals surface area contributed by atoms with Crippen LogP contribution in [0.5, 0.6) is 0 Å². The minimum absolute atomic E-state index is 0.771. The molecule has 0 bridgehead atoms. The molecule has 45 valence electrons. The number of nitrogens with two attached hydrogens (primary N) is 1. The molecule has 0 heterocycles. The average molecular weight is 111 g/mol. The molecule has 0 aromatic rings. The van der Waals surface area contributed by atoms with E-state index in [1.165, 1.54) is 0 Å². The first-order valence-corrected chi connectivity index (χ1v) is 2.57. The molecule has 0 saturated carbocycles. The molecule has 0 aliphatic rings. The highest BCUT2D eigenvalue weighted by molar-refractivity contribution is 6.31. The molecule has 0 aliphatic carbocycles. The van der Waals surface area contributed by atoms with Gasteiger partial charge in [0.2, 0.25) is 7.41 Å². The van der Waals surface area contributed by atoms with E-state index in [2.05, 4.69) is 6.58 Å². The molecule has 3 heteroatoms. The summed E-state index contributed by atoms with van der Waals surface area (Å²) in [5.41, 5.74) is 6.19. The van der Waals surface area contributed by atoms with Gasteiger partial charge in [0.25, 0.3) is 0 Å². The van der Waals surface area contributed by atoms with Crippen molar-refractivity contribution in [1.82, 2.24) is 4.90 Å². The maximum atomic E-state index is 5.15. The molecule has 2 nitrogen and oxygen atoms in total. The Kier molecular flexibility index (Phi) is 3.36. The summed E-state index contributed by atoms with van der Waals surface area (Å²) in [6.07, 6.45) is 0.771. The highest BCUT2D eigenvalue weighted by Crippen LogP contribution is 1.97.